The quantitative estimate of drug-likeness (QED) is 0.801. The summed E-state index contributed by atoms with van der Waals surface area (Å²) >= 11 is 0. The van der Waals surface area contributed by atoms with Crippen LogP contribution >= 0.6 is 0 Å². The number of amides is 1. The Labute approximate surface area is 120 Å². The van der Waals surface area contributed by atoms with E-state index in [9.17, 15) is 9.90 Å². The molecule has 0 aliphatic rings. The van der Waals surface area contributed by atoms with Crippen LogP contribution in [0.25, 0.3) is 0 Å². The van der Waals surface area contributed by atoms with Gasteiger partial charge in [0.25, 0.3) is 5.91 Å². The lowest BCUT2D eigenvalue weighted by Gasteiger charge is -2.18. The van der Waals surface area contributed by atoms with E-state index in [-0.39, 0.29) is 24.7 Å². The van der Waals surface area contributed by atoms with E-state index in [1.54, 1.807) is 12.3 Å². The van der Waals surface area contributed by atoms with Gasteiger partial charge in [0, 0.05) is 6.20 Å². The summed E-state index contributed by atoms with van der Waals surface area (Å²) in [6.07, 6.45) is 3.83. The highest BCUT2D eigenvalue weighted by atomic mass is 16.5. The second-order valence-electron chi connectivity index (χ2n) is 5.56. The first-order valence-electron chi connectivity index (χ1n) is 6.95. The highest BCUT2D eigenvalue weighted by Gasteiger charge is 2.15. The lowest BCUT2D eigenvalue weighted by Crippen LogP contribution is -2.38. The Morgan fingerprint density at radius 2 is 2.05 bits per heavy atom. The maximum absolute atomic E-state index is 12.1. The van der Waals surface area contributed by atoms with Gasteiger partial charge in [-0.05, 0) is 32.3 Å². The number of aliphatic hydroxyl groups excluding tert-OH is 1. The second-order valence-corrected chi connectivity index (χ2v) is 5.56. The van der Waals surface area contributed by atoms with Gasteiger partial charge in [-0.3, -0.25) is 9.78 Å². The molecule has 1 unspecified atom stereocenters. The van der Waals surface area contributed by atoms with Gasteiger partial charge in [0.05, 0.1) is 30.5 Å². The molecule has 1 aromatic rings. The van der Waals surface area contributed by atoms with Crippen LogP contribution in [0.4, 0.5) is 0 Å². The topological polar surface area (TPSA) is 71.5 Å². The Kier molecular flexibility index (Phi) is 6.45. The van der Waals surface area contributed by atoms with Crippen LogP contribution in [0.5, 0.6) is 5.75 Å². The summed E-state index contributed by atoms with van der Waals surface area (Å²) in [6.45, 7) is 7.86. The average molecular weight is 280 g/mol. The molecule has 1 aromatic heterocycles. The molecule has 20 heavy (non-hydrogen) atoms. The van der Waals surface area contributed by atoms with Gasteiger partial charge in [-0.2, -0.15) is 0 Å². The second kappa shape index (κ2) is 7.85. The first-order valence-corrected chi connectivity index (χ1v) is 6.95. The van der Waals surface area contributed by atoms with Gasteiger partial charge in [0.1, 0.15) is 5.75 Å². The molecule has 1 heterocycles. The van der Waals surface area contributed by atoms with Crippen LogP contribution < -0.4 is 10.1 Å². The smallest absolute Gasteiger partial charge is 0.253 e. The summed E-state index contributed by atoms with van der Waals surface area (Å²) in [5, 5.41) is 12.1. The van der Waals surface area contributed by atoms with Gasteiger partial charge in [0.2, 0.25) is 0 Å². The molecule has 5 heteroatoms. The SMILES string of the molecule is CC(C)CC(CO)NC(=O)c1cncc(OC(C)C)c1. The molecular weight excluding hydrogens is 256 g/mol. The molecule has 0 aliphatic heterocycles. The minimum absolute atomic E-state index is 0.0289. The van der Waals surface area contributed by atoms with Crippen molar-refractivity contribution in [2.75, 3.05) is 6.61 Å². The zero-order chi connectivity index (χ0) is 15.1. The molecule has 1 amide bonds. The van der Waals surface area contributed by atoms with Crippen molar-refractivity contribution in [3.63, 3.8) is 0 Å². The number of carbonyl (C=O) groups is 1. The molecule has 0 saturated carbocycles. The van der Waals surface area contributed by atoms with Gasteiger partial charge in [0.15, 0.2) is 0 Å². The molecule has 0 bridgehead atoms. The third-order valence-electron chi connectivity index (χ3n) is 2.66. The molecule has 0 aromatic carbocycles. The van der Waals surface area contributed by atoms with E-state index in [4.69, 9.17) is 4.74 Å². The molecule has 0 saturated heterocycles. The lowest BCUT2D eigenvalue weighted by molar-refractivity contribution is 0.0907. The molecule has 5 nitrogen and oxygen atoms in total. The number of rotatable bonds is 7. The predicted octanol–water partition coefficient (Wildman–Crippen LogP) is 2.01. The Hall–Kier alpha value is -1.62. The summed E-state index contributed by atoms with van der Waals surface area (Å²) in [5.41, 5.74) is 0.436. The third-order valence-corrected chi connectivity index (χ3v) is 2.66. The number of pyridine rings is 1. The van der Waals surface area contributed by atoms with Gasteiger partial charge in [-0.15, -0.1) is 0 Å². The minimum Gasteiger partial charge on any atom is -0.489 e. The molecule has 0 radical (unpaired) electrons. The fraction of sp³-hybridized carbons (Fsp3) is 0.600. The van der Waals surface area contributed by atoms with E-state index in [1.807, 2.05) is 27.7 Å². The molecule has 112 valence electrons. The standard InChI is InChI=1S/C15H24N2O3/c1-10(2)5-13(9-18)17-15(19)12-6-14(8-16-7-12)20-11(3)4/h6-8,10-11,13,18H,5,9H2,1-4H3,(H,17,19). The lowest BCUT2D eigenvalue weighted by atomic mass is 10.0. The molecule has 0 spiro atoms. The maximum Gasteiger partial charge on any atom is 0.253 e. The van der Waals surface area contributed by atoms with Gasteiger partial charge in [-0.25, -0.2) is 0 Å². The highest BCUT2D eigenvalue weighted by molar-refractivity contribution is 5.94. The average Bonchev–Trinajstić information content (AvgIpc) is 2.36. The number of nitrogens with one attached hydrogen (secondary N) is 1. The molecule has 2 N–H and O–H groups in total. The van der Waals surface area contributed by atoms with Gasteiger partial charge in [-0.1, -0.05) is 13.8 Å². The summed E-state index contributed by atoms with van der Waals surface area (Å²) in [4.78, 5) is 16.1. The molecule has 1 atom stereocenters. The first-order chi connectivity index (χ1) is 9.42. The van der Waals surface area contributed by atoms with Crippen molar-refractivity contribution in [2.24, 2.45) is 5.92 Å². The van der Waals surface area contributed by atoms with Crippen LogP contribution in [0.2, 0.25) is 0 Å². The summed E-state index contributed by atoms with van der Waals surface area (Å²) < 4.78 is 5.51. The zero-order valence-electron chi connectivity index (χ0n) is 12.6. The monoisotopic (exact) mass is 280 g/mol. The predicted molar refractivity (Wildman–Crippen MR) is 77.8 cm³/mol. The van der Waals surface area contributed by atoms with E-state index in [2.05, 4.69) is 10.3 Å². The van der Waals surface area contributed by atoms with Crippen LogP contribution in [0, 0.1) is 5.92 Å². The normalized spacial score (nSPS) is 12.6. The van der Waals surface area contributed by atoms with Crippen molar-refractivity contribution >= 4 is 5.91 Å². The summed E-state index contributed by atoms with van der Waals surface area (Å²) in [5.74, 6) is 0.727. The number of carbonyl (C=O) groups excluding carboxylic acids is 1. The molecule has 0 aliphatic carbocycles. The number of hydrogen-bond donors (Lipinski definition) is 2. The van der Waals surface area contributed by atoms with E-state index >= 15 is 0 Å². The van der Waals surface area contributed by atoms with Crippen molar-refractivity contribution in [1.82, 2.24) is 10.3 Å². The van der Waals surface area contributed by atoms with E-state index in [0.29, 0.717) is 17.2 Å². The number of ether oxygens (including phenoxy) is 1. The zero-order valence-corrected chi connectivity index (χ0v) is 12.6. The molecule has 1 rings (SSSR count). The number of aliphatic hydroxyl groups is 1. The van der Waals surface area contributed by atoms with Gasteiger partial charge >= 0.3 is 0 Å². The number of hydrogen-bond acceptors (Lipinski definition) is 4. The van der Waals surface area contributed by atoms with Gasteiger partial charge < -0.3 is 15.2 Å². The Balaban J connectivity index is 2.71. The Morgan fingerprint density at radius 1 is 1.35 bits per heavy atom. The number of nitrogens with zero attached hydrogens (tertiary/aromatic N) is 1. The van der Waals surface area contributed by atoms with Crippen LogP contribution in [-0.4, -0.2) is 34.8 Å². The van der Waals surface area contributed by atoms with Crippen LogP contribution in [0.3, 0.4) is 0 Å². The summed E-state index contributed by atoms with van der Waals surface area (Å²) in [7, 11) is 0. The van der Waals surface area contributed by atoms with Crippen LogP contribution in [0.15, 0.2) is 18.5 Å². The van der Waals surface area contributed by atoms with E-state index in [1.165, 1.54) is 6.20 Å². The van der Waals surface area contributed by atoms with Crippen molar-refractivity contribution in [3.8, 4) is 5.75 Å². The van der Waals surface area contributed by atoms with Crippen molar-refractivity contribution in [3.05, 3.63) is 24.0 Å². The molecular formula is C15H24N2O3. The highest BCUT2D eigenvalue weighted by Crippen LogP contribution is 2.13. The first kappa shape index (κ1) is 16.4. The summed E-state index contributed by atoms with van der Waals surface area (Å²) in [6, 6.07) is 1.42. The van der Waals surface area contributed by atoms with Crippen molar-refractivity contribution in [2.45, 2.75) is 46.3 Å². The van der Waals surface area contributed by atoms with E-state index in [0.717, 1.165) is 6.42 Å². The van der Waals surface area contributed by atoms with E-state index < -0.39 is 0 Å². The largest absolute Gasteiger partial charge is 0.489 e. The maximum atomic E-state index is 12.1. The minimum atomic E-state index is -0.244. The number of aromatic nitrogens is 1. The van der Waals surface area contributed by atoms with Crippen molar-refractivity contribution in [1.29, 1.82) is 0 Å². The molecule has 0 fully saturated rings. The van der Waals surface area contributed by atoms with Crippen LogP contribution in [-0.2, 0) is 0 Å². The fourth-order valence-corrected chi connectivity index (χ4v) is 1.90. The third kappa shape index (κ3) is 5.57. The Morgan fingerprint density at radius 3 is 2.60 bits per heavy atom. The Bertz CT molecular complexity index is 433. The fourth-order valence-electron chi connectivity index (χ4n) is 1.90. The van der Waals surface area contributed by atoms with Crippen LogP contribution in [0.1, 0.15) is 44.5 Å². The van der Waals surface area contributed by atoms with Crippen molar-refractivity contribution < 1.29 is 14.6 Å².